The summed E-state index contributed by atoms with van der Waals surface area (Å²) in [6.45, 7) is 1.82. The van der Waals surface area contributed by atoms with E-state index in [9.17, 15) is 9.59 Å². The fraction of sp³-hybridized carbons (Fsp3) is 0.125. The number of imide groups is 1. The van der Waals surface area contributed by atoms with Gasteiger partial charge < -0.3 is 5.73 Å². The summed E-state index contributed by atoms with van der Waals surface area (Å²) < 4.78 is 0.779. The van der Waals surface area contributed by atoms with Gasteiger partial charge in [-0.1, -0.05) is 28.1 Å². The Morgan fingerprint density at radius 1 is 1.05 bits per heavy atom. The fourth-order valence-electron chi connectivity index (χ4n) is 2.55. The molecule has 0 bridgehead atoms. The molecule has 1 aliphatic rings. The van der Waals surface area contributed by atoms with E-state index >= 15 is 0 Å². The first-order valence-corrected chi connectivity index (χ1v) is 7.31. The molecule has 1 unspecified atom stereocenters. The molecule has 2 amide bonds. The van der Waals surface area contributed by atoms with Gasteiger partial charge in [0.2, 0.25) is 0 Å². The van der Waals surface area contributed by atoms with Gasteiger partial charge in [-0.15, -0.1) is 0 Å². The van der Waals surface area contributed by atoms with Crippen molar-refractivity contribution in [1.29, 1.82) is 0 Å². The second-order valence-electron chi connectivity index (χ2n) is 5.02. The van der Waals surface area contributed by atoms with E-state index in [2.05, 4.69) is 15.9 Å². The van der Waals surface area contributed by atoms with Gasteiger partial charge in [-0.25, -0.2) is 0 Å². The van der Waals surface area contributed by atoms with Crippen LogP contribution in [0.5, 0.6) is 0 Å². The monoisotopic (exact) mass is 344 g/mol. The van der Waals surface area contributed by atoms with Gasteiger partial charge in [-0.3, -0.25) is 14.5 Å². The molecule has 5 heteroatoms. The maximum absolute atomic E-state index is 12.5. The first kappa shape index (κ1) is 13.8. The van der Waals surface area contributed by atoms with Crippen molar-refractivity contribution >= 4 is 33.4 Å². The number of nitrogens with zero attached hydrogens (tertiary/aromatic N) is 1. The molecule has 0 saturated heterocycles. The molecule has 2 aromatic carbocycles. The van der Waals surface area contributed by atoms with Crippen molar-refractivity contribution in [1.82, 2.24) is 4.90 Å². The summed E-state index contributed by atoms with van der Waals surface area (Å²) in [5.74, 6) is -0.538. The van der Waals surface area contributed by atoms with Gasteiger partial charge in [0.1, 0.15) is 0 Å². The molecular weight excluding hydrogens is 332 g/mol. The molecule has 0 aliphatic carbocycles. The smallest absolute Gasteiger partial charge is 0.262 e. The fourth-order valence-corrected chi connectivity index (χ4v) is 2.91. The molecule has 0 spiro atoms. The Hall–Kier alpha value is -2.14. The number of rotatable bonds is 2. The Bertz CT molecular complexity index is 758. The van der Waals surface area contributed by atoms with E-state index in [1.54, 1.807) is 30.3 Å². The molecule has 1 heterocycles. The standard InChI is InChI=1S/C16H13BrN2O2/c1-9(10-3-2-4-12(18)7-10)19-15(20)13-6-5-11(17)8-14(13)16(19)21/h2-9H,18H2,1H3. The van der Waals surface area contributed by atoms with Crippen molar-refractivity contribution < 1.29 is 9.59 Å². The molecule has 4 nitrogen and oxygen atoms in total. The van der Waals surface area contributed by atoms with Gasteiger partial charge in [0.15, 0.2) is 0 Å². The van der Waals surface area contributed by atoms with Crippen molar-refractivity contribution in [2.75, 3.05) is 5.73 Å². The van der Waals surface area contributed by atoms with E-state index in [1.807, 2.05) is 19.1 Å². The summed E-state index contributed by atoms with van der Waals surface area (Å²) in [5.41, 5.74) is 8.10. The van der Waals surface area contributed by atoms with E-state index in [0.29, 0.717) is 16.8 Å². The number of fused-ring (bicyclic) bond motifs is 1. The Morgan fingerprint density at radius 3 is 2.48 bits per heavy atom. The van der Waals surface area contributed by atoms with Crippen molar-refractivity contribution in [3.63, 3.8) is 0 Å². The van der Waals surface area contributed by atoms with Crippen molar-refractivity contribution in [3.8, 4) is 0 Å². The Balaban J connectivity index is 2.01. The molecule has 2 aromatic rings. The van der Waals surface area contributed by atoms with Gasteiger partial charge in [-0.2, -0.15) is 0 Å². The predicted octanol–water partition coefficient (Wildman–Crippen LogP) is 3.39. The molecule has 2 N–H and O–H groups in total. The summed E-state index contributed by atoms with van der Waals surface area (Å²) in [6.07, 6.45) is 0. The highest BCUT2D eigenvalue weighted by Gasteiger charge is 2.38. The van der Waals surface area contributed by atoms with Crippen LogP contribution in [-0.2, 0) is 0 Å². The van der Waals surface area contributed by atoms with Crippen LogP contribution in [0.3, 0.4) is 0 Å². The third-order valence-corrected chi connectivity index (χ3v) is 4.15. The zero-order valence-corrected chi connectivity index (χ0v) is 12.9. The molecule has 0 aromatic heterocycles. The van der Waals surface area contributed by atoms with Crippen LogP contribution in [0.4, 0.5) is 5.69 Å². The number of anilines is 1. The minimum atomic E-state index is -0.361. The van der Waals surface area contributed by atoms with E-state index < -0.39 is 0 Å². The zero-order valence-electron chi connectivity index (χ0n) is 11.3. The second kappa shape index (κ2) is 5.00. The Kier molecular flexibility index (Phi) is 3.29. The zero-order chi connectivity index (χ0) is 15.1. The van der Waals surface area contributed by atoms with E-state index in [1.165, 1.54) is 4.90 Å². The molecular formula is C16H13BrN2O2. The van der Waals surface area contributed by atoms with Crippen LogP contribution in [0, 0.1) is 0 Å². The lowest BCUT2D eigenvalue weighted by Gasteiger charge is -2.23. The number of carbonyl (C=O) groups excluding carboxylic acids is 2. The number of carbonyl (C=O) groups is 2. The summed E-state index contributed by atoms with van der Waals surface area (Å²) in [7, 11) is 0. The molecule has 0 fully saturated rings. The number of hydrogen-bond donors (Lipinski definition) is 1. The lowest BCUT2D eigenvalue weighted by molar-refractivity contribution is 0.0595. The van der Waals surface area contributed by atoms with Gasteiger partial charge >= 0.3 is 0 Å². The van der Waals surface area contributed by atoms with E-state index in [4.69, 9.17) is 5.73 Å². The molecule has 3 rings (SSSR count). The second-order valence-corrected chi connectivity index (χ2v) is 5.93. The summed E-state index contributed by atoms with van der Waals surface area (Å²) in [5, 5.41) is 0. The maximum Gasteiger partial charge on any atom is 0.262 e. The van der Waals surface area contributed by atoms with Crippen molar-refractivity contribution in [2.24, 2.45) is 0 Å². The average Bonchev–Trinajstić information content (AvgIpc) is 2.70. The van der Waals surface area contributed by atoms with Crippen molar-refractivity contribution in [3.05, 3.63) is 63.6 Å². The largest absolute Gasteiger partial charge is 0.399 e. The SMILES string of the molecule is CC(c1cccc(N)c1)N1C(=O)c2ccc(Br)cc2C1=O. The lowest BCUT2D eigenvalue weighted by atomic mass is 10.1. The van der Waals surface area contributed by atoms with Crippen LogP contribution in [0.25, 0.3) is 0 Å². The molecule has 1 atom stereocenters. The van der Waals surface area contributed by atoms with Gasteiger partial charge in [-0.05, 0) is 42.8 Å². The predicted molar refractivity (Wildman–Crippen MR) is 83.9 cm³/mol. The summed E-state index contributed by atoms with van der Waals surface area (Å²) >= 11 is 3.33. The number of nitrogens with two attached hydrogens (primary N) is 1. The summed E-state index contributed by atoms with van der Waals surface area (Å²) in [6, 6.07) is 12.0. The third kappa shape index (κ3) is 2.23. The van der Waals surface area contributed by atoms with E-state index in [0.717, 1.165) is 10.0 Å². The quantitative estimate of drug-likeness (QED) is 0.670. The number of nitrogen functional groups attached to an aromatic ring is 1. The minimum absolute atomic E-state index is 0.266. The first-order valence-electron chi connectivity index (χ1n) is 6.52. The average molecular weight is 345 g/mol. The Labute approximate surface area is 130 Å². The highest BCUT2D eigenvalue weighted by Crippen LogP contribution is 2.32. The highest BCUT2D eigenvalue weighted by molar-refractivity contribution is 9.10. The van der Waals surface area contributed by atoms with E-state index in [-0.39, 0.29) is 17.9 Å². The topological polar surface area (TPSA) is 63.4 Å². The van der Waals surface area contributed by atoms with Crippen LogP contribution in [-0.4, -0.2) is 16.7 Å². The molecule has 21 heavy (non-hydrogen) atoms. The van der Waals surface area contributed by atoms with Crippen LogP contribution in [0.2, 0.25) is 0 Å². The number of halogens is 1. The van der Waals surface area contributed by atoms with Crippen LogP contribution < -0.4 is 5.73 Å². The number of hydrogen-bond acceptors (Lipinski definition) is 3. The molecule has 106 valence electrons. The highest BCUT2D eigenvalue weighted by atomic mass is 79.9. The molecule has 0 saturated carbocycles. The normalized spacial score (nSPS) is 15.2. The Morgan fingerprint density at radius 2 is 1.76 bits per heavy atom. The number of amides is 2. The third-order valence-electron chi connectivity index (χ3n) is 3.66. The van der Waals surface area contributed by atoms with Crippen LogP contribution in [0.1, 0.15) is 39.2 Å². The van der Waals surface area contributed by atoms with Crippen LogP contribution >= 0.6 is 15.9 Å². The minimum Gasteiger partial charge on any atom is -0.399 e. The molecule has 1 aliphatic heterocycles. The summed E-state index contributed by atoms with van der Waals surface area (Å²) in [4.78, 5) is 26.3. The van der Waals surface area contributed by atoms with Gasteiger partial charge in [0.25, 0.3) is 11.8 Å². The number of benzene rings is 2. The van der Waals surface area contributed by atoms with Crippen molar-refractivity contribution in [2.45, 2.75) is 13.0 Å². The van der Waals surface area contributed by atoms with Gasteiger partial charge in [0.05, 0.1) is 17.2 Å². The van der Waals surface area contributed by atoms with Gasteiger partial charge in [0, 0.05) is 10.2 Å². The van der Waals surface area contributed by atoms with Crippen LogP contribution in [0.15, 0.2) is 46.9 Å². The first-order chi connectivity index (χ1) is 9.99. The maximum atomic E-state index is 12.5. The lowest BCUT2D eigenvalue weighted by Crippen LogP contribution is -2.32. The molecule has 0 radical (unpaired) electrons.